The minimum absolute atomic E-state index is 0.0203. The molecule has 1 rings (SSSR count). The van der Waals surface area contributed by atoms with Crippen LogP contribution in [0.2, 0.25) is 0 Å². The van der Waals surface area contributed by atoms with E-state index < -0.39 is 5.91 Å². The molecule has 1 aromatic rings. The predicted molar refractivity (Wildman–Crippen MR) is 55.9 cm³/mol. The maximum Gasteiger partial charge on any atom is 0.260 e. The summed E-state index contributed by atoms with van der Waals surface area (Å²) >= 11 is 1.37. The Kier molecular flexibility index (Phi) is 2.34. The first-order chi connectivity index (χ1) is 5.82. The second kappa shape index (κ2) is 3.03. The van der Waals surface area contributed by atoms with Crippen LogP contribution in [0.1, 0.15) is 35.3 Å². The van der Waals surface area contributed by atoms with Crippen molar-refractivity contribution >= 4 is 22.9 Å². The lowest BCUT2D eigenvalue weighted by Crippen LogP contribution is -2.10. The Morgan fingerprint density at radius 3 is 2.23 bits per heavy atom. The predicted octanol–water partition coefficient (Wildman–Crippen LogP) is 1.73. The molecule has 0 bridgehead atoms. The van der Waals surface area contributed by atoms with Crippen molar-refractivity contribution in [2.75, 3.05) is 5.73 Å². The van der Waals surface area contributed by atoms with E-state index in [2.05, 4.69) is 20.8 Å². The average Bonchev–Trinajstić information content (AvgIpc) is 2.29. The fraction of sp³-hybridized carbons (Fsp3) is 0.444. The molecule has 0 aromatic carbocycles. The zero-order valence-electron chi connectivity index (χ0n) is 8.05. The van der Waals surface area contributed by atoms with Crippen molar-refractivity contribution in [1.29, 1.82) is 0 Å². The molecule has 0 unspecified atom stereocenters. The van der Waals surface area contributed by atoms with E-state index in [4.69, 9.17) is 11.5 Å². The van der Waals surface area contributed by atoms with Gasteiger partial charge < -0.3 is 11.5 Å². The average molecular weight is 198 g/mol. The van der Waals surface area contributed by atoms with E-state index in [1.165, 1.54) is 11.3 Å². The molecule has 13 heavy (non-hydrogen) atoms. The maximum atomic E-state index is 10.9. The van der Waals surface area contributed by atoms with Gasteiger partial charge in [-0.15, -0.1) is 11.3 Å². The van der Waals surface area contributed by atoms with Crippen molar-refractivity contribution < 1.29 is 4.79 Å². The van der Waals surface area contributed by atoms with Gasteiger partial charge in [-0.25, -0.2) is 0 Å². The van der Waals surface area contributed by atoms with Crippen molar-refractivity contribution in [3.05, 3.63) is 15.8 Å². The molecule has 0 atom stereocenters. The van der Waals surface area contributed by atoms with E-state index in [0.29, 0.717) is 10.6 Å². The van der Waals surface area contributed by atoms with Gasteiger partial charge in [-0.1, -0.05) is 20.8 Å². The monoisotopic (exact) mass is 198 g/mol. The van der Waals surface area contributed by atoms with Crippen molar-refractivity contribution in [3.8, 4) is 0 Å². The second-order valence-corrected chi connectivity index (χ2v) is 5.06. The quantitative estimate of drug-likeness (QED) is 0.721. The lowest BCUT2D eigenvalue weighted by atomic mass is 9.95. The van der Waals surface area contributed by atoms with Crippen LogP contribution in [0.5, 0.6) is 0 Å². The van der Waals surface area contributed by atoms with Gasteiger partial charge in [-0.2, -0.15) is 0 Å². The number of nitrogens with two attached hydrogens (primary N) is 2. The summed E-state index contributed by atoms with van der Waals surface area (Å²) in [5, 5.41) is 0. The zero-order valence-corrected chi connectivity index (χ0v) is 8.87. The number of amides is 1. The Bertz CT molecular complexity index is 336. The molecular formula is C9H14N2OS. The number of carbonyl (C=O) groups excluding carboxylic acids is 1. The van der Waals surface area contributed by atoms with Gasteiger partial charge in [0, 0.05) is 4.88 Å². The molecular weight excluding hydrogens is 184 g/mol. The summed E-state index contributed by atoms with van der Waals surface area (Å²) in [4.78, 5) is 12.5. The van der Waals surface area contributed by atoms with Crippen LogP contribution >= 0.6 is 11.3 Å². The number of rotatable bonds is 1. The molecule has 4 N–H and O–H groups in total. The fourth-order valence-corrected chi connectivity index (χ4v) is 1.96. The van der Waals surface area contributed by atoms with Crippen LogP contribution in [0, 0.1) is 0 Å². The molecule has 1 aromatic heterocycles. The molecule has 0 saturated heterocycles. The number of primary amides is 1. The van der Waals surface area contributed by atoms with E-state index in [1.807, 2.05) is 6.07 Å². The summed E-state index contributed by atoms with van der Waals surface area (Å²) in [5.41, 5.74) is 11.3. The van der Waals surface area contributed by atoms with Crippen LogP contribution in [-0.4, -0.2) is 5.91 Å². The highest BCUT2D eigenvalue weighted by molar-refractivity contribution is 7.14. The SMILES string of the molecule is CC(C)(C)c1cc(N)c(C(N)=O)s1. The number of hydrogen-bond acceptors (Lipinski definition) is 3. The van der Waals surface area contributed by atoms with Crippen LogP contribution < -0.4 is 11.5 Å². The third-order valence-corrected chi connectivity index (χ3v) is 3.31. The fourth-order valence-electron chi connectivity index (χ4n) is 0.967. The lowest BCUT2D eigenvalue weighted by molar-refractivity contribution is 0.100. The molecule has 0 fully saturated rings. The molecule has 1 heterocycles. The third kappa shape index (κ3) is 2.01. The first-order valence-electron chi connectivity index (χ1n) is 4.02. The van der Waals surface area contributed by atoms with Crippen molar-refractivity contribution in [1.82, 2.24) is 0 Å². The highest BCUT2D eigenvalue weighted by Crippen LogP contribution is 2.33. The van der Waals surface area contributed by atoms with Gasteiger partial charge in [-0.05, 0) is 11.5 Å². The largest absolute Gasteiger partial charge is 0.397 e. The maximum absolute atomic E-state index is 10.9. The molecule has 4 heteroatoms. The van der Waals surface area contributed by atoms with Crippen LogP contribution in [-0.2, 0) is 5.41 Å². The molecule has 0 aliphatic carbocycles. The standard InChI is InChI=1S/C9H14N2OS/c1-9(2,3)6-4-5(10)7(13-6)8(11)12/h4H,10H2,1-3H3,(H2,11,12). The molecule has 0 radical (unpaired) electrons. The molecule has 3 nitrogen and oxygen atoms in total. The molecule has 72 valence electrons. The highest BCUT2D eigenvalue weighted by Gasteiger charge is 2.20. The van der Waals surface area contributed by atoms with E-state index >= 15 is 0 Å². The van der Waals surface area contributed by atoms with Crippen molar-refractivity contribution in [3.63, 3.8) is 0 Å². The van der Waals surface area contributed by atoms with Gasteiger partial charge in [0.2, 0.25) is 0 Å². The Balaban J connectivity index is 3.17. The summed E-state index contributed by atoms with van der Waals surface area (Å²) < 4.78 is 0. The van der Waals surface area contributed by atoms with Gasteiger partial charge in [0.15, 0.2) is 0 Å². The highest BCUT2D eigenvalue weighted by atomic mass is 32.1. The second-order valence-electron chi connectivity index (χ2n) is 4.01. The molecule has 0 spiro atoms. The van der Waals surface area contributed by atoms with E-state index in [1.54, 1.807) is 0 Å². The topological polar surface area (TPSA) is 69.1 Å². The minimum atomic E-state index is -0.446. The zero-order chi connectivity index (χ0) is 10.2. The lowest BCUT2D eigenvalue weighted by Gasteiger charge is -2.14. The summed E-state index contributed by atoms with van der Waals surface area (Å²) in [6.07, 6.45) is 0. The Hall–Kier alpha value is -1.03. The third-order valence-electron chi connectivity index (χ3n) is 1.72. The van der Waals surface area contributed by atoms with Crippen LogP contribution in [0.4, 0.5) is 5.69 Å². The summed E-state index contributed by atoms with van der Waals surface area (Å²) in [6.45, 7) is 6.22. The van der Waals surface area contributed by atoms with Crippen molar-refractivity contribution in [2.45, 2.75) is 26.2 Å². The Labute approximate surface area is 81.7 Å². The van der Waals surface area contributed by atoms with E-state index in [0.717, 1.165) is 4.88 Å². The van der Waals surface area contributed by atoms with Crippen LogP contribution in [0.3, 0.4) is 0 Å². The number of nitrogen functional groups attached to an aromatic ring is 1. The number of thiophene rings is 1. The first kappa shape index (κ1) is 10.1. The van der Waals surface area contributed by atoms with Gasteiger partial charge in [0.25, 0.3) is 5.91 Å². The molecule has 1 amide bonds. The molecule has 0 aliphatic heterocycles. The smallest absolute Gasteiger partial charge is 0.260 e. The number of anilines is 1. The van der Waals surface area contributed by atoms with Gasteiger partial charge >= 0.3 is 0 Å². The van der Waals surface area contributed by atoms with Gasteiger partial charge in [0.1, 0.15) is 4.88 Å². The van der Waals surface area contributed by atoms with Crippen LogP contribution in [0.25, 0.3) is 0 Å². The minimum Gasteiger partial charge on any atom is -0.397 e. The first-order valence-corrected chi connectivity index (χ1v) is 4.83. The van der Waals surface area contributed by atoms with Gasteiger partial charge in [0.05, 0.1) is 5.69 Å². The Morgan fingerprint density at radius 1 is 1.46 bits per heavy atom. The summed E-state index contributed by atoms with van der Waals surface area (Å²) in [6, 6.07) is 1.82. The summed E-state index contributed by atoms with van der Waals surface area (Å²) in [7, 11) is 0. The normalized spacial score (nSPS) is 11.6. The van der Waals surface area contributed by atoms with E-state index in [9.17, 15) is 4.79 Å². The van der Waals surface area contributed by atoms with E-state index in [-0.39, 0.29) is 5.41 Å². The number of hydrogen-bond donors (Lipinski definition) is 2. The summed E-state index contributed by atoms with van der Waals surface area (Å²) in [5.74, 6) is -0.446. The van der Waals surface area contributed by atoms with Crippen LogP contribution in [0.15, 0.2) is 6.07 Å². The van der Waals surface area contributed by atoms with Gasteiger partial charge in [-0.3, -0.25) is 4.79 Å². The molecule has 0 saturated carbocycles. The molecule has 0 aliphatic rings. The number of carbonyl (C=O) groups is 1. The Morgan fingerprint density at radius 2 is 2.00 bits per heavy atom. The van der Waals surface area contributed by atoms with Crippen molar-refractivity contribution in [2.24, 2.45) is 5.73 Å².